The summed E-state index contributed by atoms with van der Waals surface area (Å²) in [6.07, 6.45) is 0.520. The van der Waals surface area contributed by atoms with E-state index in [-0.39, 0.29) is 12.2 Å². The number of nitrogens with two attached hydrogens (primary N) is 1. The van der Waals surface area contributed by atoms with Crippen molar-refractivity contribution in [3.8, 4) is 0 Å². The Kier molecular flexibility index (Phi) is 4.00. The van der Waals surface area contributed by atoms with Gasteiger partial charge in [-0.05, 0) is 42.6 Å². The lowest BCUT2D eigenvalue weighted by atomic mass is 9.99. The van der Waals surface area contributed by atoms with Crippen molar-refractivity contribution in [3.05, 3.63) is 29.3 Å². The smallest absolute Gasteiger partial charge is 0.414 e. The zero-order valence-electron chi connectivity index (χ0n) is 12.1. The van der Waals surface area contributed by atoms with Gasteiger partial charge in [0.1, 0.15) is 12.1 Å². The number of anilines is 1. The van der Waals surface area contributed by atoms with Gasteiger partial charge in [0.05, 0.1) is 6.54 Å². The number of hydrogen-bond acceptors (Lipinski definition) is 5. The van der Waals surface area contributed by atoms with Crippen molar-refractivity contribution in [1.29, 1.82) is 0 Å². The molecule has 0 radical (unpaired) electrons. The lowest BCUT2D eigenvalue weighted by molar-refractivity contribution is -0.139. The first-order valence-electron chi connectivity index (χ1n) is 7.34. The van der Waals surface area contributed by atoms with Gasteiger partial charge < -0.3 is 20.9 Å². The van der Waals surface area contributed by atoms with E-state index in [4.69, 9.17) is 15.6 Å². The van der Waals surface area contributed by atoms with Crippen LogP contribution in [0.4, 0.5) is 10.5 Å². The van der Waals surface area contributed by atoms with Gasteiger partial charge in [0.25, 0.3) is 0 Å². The molecule has 1 fully saturated rings. The molecule has 22 heavy (non-hydrogen) atoms. The molecule has 2 aliphatic heterocycles. The van der Waals surface area contributed by atoms with E-state index >= 15 is 0 Å². The molecule has 7 heteroatoms. The number of nitrogens with zero attached hydrogens (tertiary/aromatic N) is 1. The average Bonchev–Trinajstić information content (AvgIpc) is 2.75. The highest BCUT2D eigenvalue weighted by atomic mass is 16.6. The highest BCUT2D eigenvalue weighted by Crippen LogP contribution is 2.26. The molecule has 1 amide bonds. The molecule has 1 aromatic rings. The summed E-state index contributed by atoms with van der Waals surface area (Å²) in [5.74, 6) is -0.842. The predicted octanol–water partition coefficient (Wildman–Crippen LogP) is 0.112. The fourth-order valence-electron chi connectivity index (χ4n) is 2.91. The van der Waals surface area contributed by atoms with Crippen LogP contribution in [0.3, 0.4) is 0 Å². The summed E-state index contributed by atoms with van der Waals surface area (Å²) in [6, 6.07) is 5.12. The number of carboxylic acids is 1. The van der Waals surface area contributed by atoms with Crippen LogP contribution >= 0.6 is 0 Å². The van der Waals surface area contributed by atoms with Gasteiger partial charge in [0.2, 0.25) is 0 Å². The van der Waals surface area contributed by atoms with E-state index in [1.165, 1.54) is 0 Å². The maximum atomic E-state index is 11.9. The molecule has 2 heterocycles. The molecule has 2 aliphatic rings. The first-order chi connectivity index (χ1) is 10.6. The second-order valence-corrected chi connectivity index (χ2v) is 5.60. The Morgan fingerprint density at radius 1 is 1.45 bits per heavy atom. The SMILES string of the molecule is NCC1CN(c2ccc3c(c2)CCNC(C(=O)O)C3)C(=O)O1. The maximum absolute atomic E-state index is 11.9. The minimum atomic E-state index is -0.842. The van der Waals surface area contributed by atoms with Gasteiger partial charge in [-0.25, -0.2) is 4.79 Å². The third kappa shape index (κ3) is 2.77. The normalized spacial score (nSPS) is 24.6. The Morgan fingerprint density at radius 3 is 2.95 bits per heavy atom. The van der Waals surface area contributed by atoms with E-state index in [2.05, 4.69) is 5.32 Å². The number of aliphatic carboxylic acids is 1. The molecule has 0 saturated carbocycles. The van der Waals surface area contributed by atoms with Crippen molar-refractivity contribution in [1.82, 2.24) is 5.32 Å². The third-order valence-electron chi connectivity index (χ3n) is 4.15. The van der Waals surface area contributed by atoms with Crippen LogP contribution in [0.2, 0.25) is 0 Å². The first-order valence-corrected chi connectivity index (χ1v) is 7.34. The summed E-state index contributed by atoms with van der Waals surface area (Å²) in [7, 11) is 0. The molecule has 0 spiro atoms. The minimum absolute atomic E-state index is 0.274. The van der Waals surface area contributed by atoms with Crippen molar-refractivity contribution >= 4 is 17.7 Å². The lowest BCUT2D eigenvalue weighted by Gasteiger charge is -2.16. The molecule has 0 aromatic heterocycles. The molecule has 118 valence electrons. The van der Waals surface area contributed by atoms with Crippen LogP contribution < -0.4 is 16.0 Å². The van der Waals surface area contributed by atoms with E-state index in [0.717, 1.165) is 23.2 Å². The van der Waals surface area contributed by atoms with Crippen molar-refractivity contribution in [2.24, 2.45) is 5.73 Å². The van der Waals surface area contributed by atoms with Crippen molar-refractivity contribution in [3.63, 3.8) is 0 Å². The van der Waals surface area contributed by atoms with Gasteiger partial charge in [0.15, 0.2) is 0 Å². The number of carboxylic acid groups (broad SMARTS) is 1. The Bertz CT molecular complexity index is 604. The molecule has 4 N–H and O–H groups in total. The summed E-state index contributed by atoms with van der Waals surface area (Å²) in [6.45, 7) is 1.35. The third-order valence-corrected chi connectivity index (χ3v) is 4.15. The van der Waals surface area contributed by atoms with Crippen LogP contribution in [-0.2, 0) is 22.4 Å². The number of fused-ring (bicyclic) bond motifs is 1. The van der Waals surface area contributed by atoms with Crippen LogP contribution in [0.15, 0.2) is 18.2 Å². The molecule has 0 aliphatic carbocycles. The van der Waals surface area contributed by atoms with Crippen LogP contribution in [0, 0.1) is 0 Å². The van der Waals surface area contributed by atoms with E-state index < -0.39 is 12.0 Å². The highest BCUT2D eigenvalue weighted by molar-refractivity contribution is 5.90. The topological polar surface area (TPSA) is 105 Å². The van der Waals surface area contributed by atoms with Gasteiger partial charge in [-0.15, -0.1) is 0 Å². The Balaban J connectivity index is 1.84. The standard InChI is InChI=1S/C15H19N3O4/c16-7-12-8-18(15(21)22-12)11-2-1-9-6-13(14(19)20)17-4-3-10(9)5-11/h1-2,5,12-13,17H,3-4,6-8,16H2,(H,19,20). The van der Waals surface area contributed by atoms with Crippen molar-refractivity contribution in [2.45, 2.75) is 25.0 Å². The summed E-state index contributed by atoms with van der Waals surface area (Å²) in [5.41, 5.74) is 8.39. The highest BCUT2D eigenvalue weighted by Gasteiger charge is 2.32. The molecule has 2 unspecified atom stereocenters. The Morgan fingerprint density at radius 2 is 2.27 bits per heavy atom. The van der Waals surface area contributed by atoms with Gasteiger partial charge in [-0.3, -0.25) is 9.69 Å². The summed E-state index contributed by atoms with van der Waals surface area (Å²) in [4.78, 5) is 24.6. The number of nitrogens with one attached hydrogen (secondary N) is 1. The summed E-state index contributed by atoms with van der Waals surface area (Å²) < 4.78 is 5.17. The number of amides is 1. The molecule has 1 aromatic carbocycles. The molecule has 2 atom stereocenters. The fourth-order valence-corrected chi connectivity index (χ4v) is 2.91. The average molecular weight is 305 g/mol. The number of carbonyl (C=O) groups excluding carboxylic acids is 1. The monoisotopic (exact) mass is 305 g/mol. The largest absolute Gasteiger partial charge is 0.480 e. The minimum Gasteiger partial charge on any atom is -0.480 e. The number of cyclic esters (lactones) is 1. The second kappa shape index (κ2) is 5.94. The van der Waals surface area contributed by atoms with Crippen molar-refractivity contribution < 1.29 is 19.4 Å². The van der Waals surface area contributed by atoms with Gasteiger partial charge in [-0.2, -0.15) is 0 Å². The molecular weight excluding hydrogens is 286 g/mol. The van der Waals surface area contributed by atoms with Crippen LogP contribution in [-0.4, -0.2) is 48.9 Å². The molecule has 7 nitrogen and oxygen atoms in total. The number of ether oxygens (including phenoxy) is 1. The van der Waals surface area contributed by atoms with Crippen LogP contribution in [0.5, 0.6) is 0 Å². The van der Waals surface area contributed by atoms with E-state index in [9.17, 15) is 9.59 Å². The molecule has 3 rings (SSSR count). The zero-order valence-corrected chi connectivity index (χ0v) is 12.1. The van der Waals surface area contributed by atoms with Gasteiger partial charge in [0, 0.05) is 12.2 Å². The first kappa shape index (κ1) is 14.8. The Labute approximate surface area is 128 Å². The quantitative estimate of drug-likeness (QED) is 0.732. The molecular formula is C15H19N3O4. The number of rotatable bonds is 3. The fraction of sp³-hybridized carbons (Fsp3) is 0.467. The van der Waals surface area contributed by atoms with Crippen LogP contribution in [0.1, 0.15) is 11.1 Å². The number of carbonyl (C=O) groups is 2. The zero-order chi connectivity index (χ0) is 15.7. The second-order valence-electron chi connectivity index (χ2n) is 5.60. The van der Waals surface area contributed by atoms with E-state index in [1.807, 2.05) is 18.2 Å². The maximum Gasteiger partial charge on any atom is 0.414 e. The van der Waals surface area contributed by atoms with Gasteiger partial charge in [-0.1, -0.05) is 6.07 Å². The van der Waals surface area contributed by atoms with E-state index in [0.29, 0.717) is 26.1 Å². The van der Waals surface area contributed by atoms with E-state index in [1.54, 1.807) is 4.90 Å². The molecule has 1 saturated heterocycles. The predicted molar refractivity (Wildman–Crippen MR) is 79.9 cm³/mol. The lowest BCUT2D eigenvalue weighted by Crippen LogP contribution is -2.37. The Hall–Kier alpha value is -2.12. The summed E-state index contributed by atoms with van der Waals surface area (Å²) in [5, 5.41) is 12.2. The molecule has 0 bridgehead atoms. The number of hydrogen-bond donors (Lipinski definition) is 3. The van der Waals surface area contributed by atoms with Crippen LogP contribution in [0.25, 0.3) is 0 Å². The number of benzene rings is 1. The van der Waals surface area contributed by atoms with Crippen molar-refractivity contribution in [2.75, 3.05) is 24.5 Å². The summed E-state index contributed by atoms with van der Waals surface area (Å²) >= 11 is 0. The van der Waals surface area contributed by atoms with Gasteiger partial charge >= 0.3 is 12.1 Å².